The summed E-state index contributed by atoms with van der Waals surface area (Å²) in [4.78, 5) is 16.2. The number of carbonyl (C=O) groups excluding carboxylic acids is 1. The lowest BCUT2D eigenvalue weighted by Crippen LogP contribution is -2.36. The molecule has 24 heavy (non-hydrogen) atoms. The van der Waals surface area contributed by atoms with Crippen LogP contribution in [-0.2, 0) is 23.9 Å². The van der Waals surface area contributed by atoms with Gasteiger partial charge in [0.2, 0.25) is 0 Å². The summed E-state index contributed by atoms with van der Waals surface area (Å²) >= 11 is 12.0. The van der Waals surface area contributed by atoms with Gasteiger partial charge in [0, 0.05) is 5.02 Å². The number of dihydropyridines is 1. The Morgan fingerprint density at radius 1 is 1.29 bits per heavy atom. The monoisotopic (exact) mass is 392 g/mol. The van der Waals surface area contributed by atoms with Crippen LogP contribution in [0.3, 0.4) is 0 Å². The van der Waals surface area contributed by atoms with Crippen molar-refractivity contribution in [1.82, 2.24) is 5.48 Å². The summed E-state index contributed by atoms with van der Waals surface area (Å²) in [7, 11) is -2.56. The first-order valence-electron chi connectivity index (χ1n) is 6.63. The van der Waals surface area contributed by atoms with Crippen molar-refractivity contribution < 1.29 is 22.2 Å². The molecule has 0 amide bonds. The molecule has 0 spiro atoms. The molecular formula is C14H14Cl2N2O5S. The summed E-state index contributed by atoms with van der Waals surface area (Å²) in [5, 5.41) is -0.493. The van der Waals surface area contributed by atoms with E-state index in [0.29, 0.717) is 5.02 Å². The van der Waals surface area contributed by atoms with E-state index in [-0.39, 0.29) is 11.4 Å². The van der Waals surface area contributed by atoms with Gasteiger partial charge in [-0.15, -0.1) is 11.6 Å². The zero-order valence-electron chi connectivity index (χ0n) is 12.7. The number of nitrogens with one attached hydrogen (secondary N) is 1. The highest BCUT2D eigenvalue weighted by Crippen LogP contribution is 2.29. The molecule has 0 bridgehead atoms. The second-order valence-electron chi connectivity index (χ2n) is 4.88. The second-order valence-corrected chi connectivity index (χ2v) is 7.32. The van der Waals surface area contributed by atoms with Crippen LogP contribution in [-0.4, -0.2) is 38.8 Å². The van der Waals surface area contributed by atoms with Crippen LogP contribution >= 0.6 is 23.2 Å². The van der Waals surface area contributed by atoms with Gasteiger partial charge in [0.05, 0.1) is 25.1 Å². The number of rotatable bonds is 5. The highest BCUT2D eigenvalue weighted by Gasteiger charge is 2.32. The van der Waals surface area contributed by atoms with Gasteiger partial charge >= 0.3 is 5.97 Å². The van der Waals surface area contributed by atoms with E-state index in [4.69, 9.17) is 23.2 Å². The minimum atomic E-state index is -3.76. The number of carbonyl (C=O) groups is 1. The summed E-state index contributed by atoms with van der Waals surface area (Å²) in [5.74, 6) is -0.722. The first-order valence-corrected chi connectivity index (χ1v) is 9.26. The zero-order valence-corrected chi connectivity index (χ0v) is 15.0. The number of esters is 1. The lowest BCUT2D eigenvalue weighted by molar-refractivity contribution is -0.132. The highest BCUT2D eigenvalue weighted by atomic mass is 35.5. The average Bonchev–Trinajstić information content (AvgIpc) is 2.53. The van der Waals surface area contributed by atoms with Crippen LogP contribution in [0.1, 0.15) is 11.6 Å². The number of hydrogen-bond acceptors (Lipinski definition) is 7. The molecule has 2 atom stereocenters. The van der Waals surface area contributed by atoms with E-state index in [1.807, 2.05) is 0 Å². The third-order valence-electron chi connectivity index (χ3n) is 3.05. The molecule has 130 valence electrons. The van der Waals surface area contributed by atoms with Gasteiger partial charge in [-0.1, -0.05) is 23.7 Å². The SMILES string of the molecule is COC(=O)C1=NC(c2ccc(Cl)cc2)C=C(NOS(C)(=O)=O)C1Cl. The lowest BCUT2D eigenvalue weighted by Gasteiger charge is -2.24. The largest absolute Gasteiger partial charge is 0.464 e. The third-order valence-corrected chi connectivity index (χ3v) is 4.13. The fourth-order valence-corrected chi connectivity index (χ4v) is 2.59. The minimum Gasteiger partial charge on any atom is -0.464 e. The smallest absolute Gasteiger partial charge is 0.353 e. The fraction of sp³-hybridized carbons (Fsp3) is 0.286. The Labute approximate surface area is 149 Å². The Balaban J connectivity index is 2.38. The summed E-state index contributed by atoms with van der Waals surface area (Å²) < 4.78 is 31.5. The van der Waals surface area contributed by atoms with Crippen LogP contribution in [0.2, 0.25) is 5.02 Å². The van der Waals surface area contributed by atoms with Crippen molar-refractivity contribution >= 4 is 45.0 Å². The van der Waals surface area contributed by atoms with Gasteiger partial charge in [-0.3, -0.25) is 10.5 Å². The van der Waals surface area contributed by atoms with Crippen molar-refractivity contribution in [3.05, 3.63) is 46.6 Å². The molecule has 1 aliphatic rings. The fourth-order valence-electron chi connectivity index (χ4n) is 1.96. The van der Waals surface area contributed by atoms with Crippen LogP contribution in [0.5, 0.6) is 0 Å². The number of benzene rings is 1. The minimum absolute atomic E-state index is 0.0683. The molecule has 0 fully saturated rings. The normalized spacial score (nSPS) is 20.8. The molecule has 0 radical (unpaired) electrons. The summed E-state index contributed by atoms with van der Waals surface area (Å²) in [5.41, 5.74) is 3.08. The van der Waals surface area contributed by atoms with E-state index in [9.17, 15) is 13.2 Å². The highest BCUT2D eigenvalue weighted by molar-refractivity contribution is 7.85. The molecule has 1 aliphatic heterocycles. The molecule has 1 aromatic carbocycles. The topological polar surface area (TPSA) is 94.1 Å². The number of nitrogens with zero attached hydrogens (tertiary/aromatic N) is 1. The maximum Gasteiger partial charge on any atom is 0.353 e. The summed E-state index contributed by atoms with van der Waals surface area (Å²) in [6.45, 7) is 0. The van der Waals surface area contributed by atoms with Gasteiger partial charge in [-0.2, -0.15) is 12.7 Å². The van der Waals surface area contributed by atoms with Crippen molar-refractivity contribution in [2.24, 2.45) is 4.99 Å². The molecule has 0 aliphatic carbocycles. The van der Waals surface area contributed by atoms with E-state index < -0.39 is 27.5 Å². The van der Waals surface area contributed by atoms with Crippen molar-refractivity contribution in [3.8, 4) is 0 Å². The van der Waals surface area contributed by atoms with Crippen LogP contribution in [0.15, 0.2) is 41.0 Å². The summed E-state index contributed by atoms with van der Waals surface area (Å²) in [6, 6.07) is 6.21. The van der Waals surface area contributed by atoms with Crippen molar-refractivity contribution in [2.45, 2.75) is 11.4 Å². The third kappa shape index (κ3) is 4.70. The number of allylic oxidation sites excluding steroid dienone is 1. The molecule has 1 aromatic rings. The van der Waals surface area contributed by atoms with E-state index >= 15 is 0 Å². The maximum absolute atomic E-state index is 11.9. The quantitative estimate of drug-likeness (QED) is 0.467. The van der Waals surface area contributed by atoms with E-state index in [0.717, 1.165) is 11.8 Å². The predicted octanol–water partition coefficient (Wildman–Crippen LogP) is 1.98. The van der Waals surface area contributed by atoms with Crippen LogP contribution in [0, 0.1) is 0 Å². The van der Waals surface area contributed by atoms with Gasteiger partial charge in [-0.25, -0.2) is 4.79 Å². The number of aliphatic imine (C=N–C) groups is 1. The lowest BCUT2D eigenvalue weighted by atomic mass is 10.0. The Kier molecular flexibility index (Phi) is 5.87. The number of halogens is 2. The number of hydrogen-bond donors (Lipinski definition) is 1. The van der Waals surface area contributed by atoms with Crippen molar-refractivity contribution in [3.63, 3.8) is 0 Å². The Hall–Kier alpha value is -1.61. The van der Waals surface area contributed by atoms with Gasteiger partial charge in [-0.05, 0) is 23.8 Å². The number of hydroxylamine groups is 1. The molecule has 2 unspecified atom stereocenters. The Morgan fingerprint density at radius 3 is 2.46 bits per heavy atom. The molecule has 1 N–H and O–H groups in total. The molecule has 10 heteroatoms. The standard InChI is InChI=1S/C14H14Cl2N2O5S/c1-22-14(19)13-12(16)11(18-23-24(2,20)21)7-10(17-13)8-3-5-9(15)6-4-8/h3-7,10,12,18H,1-2H3. The number of methoxy groups -OCH3 is 1. The van der Waals surface area contributed by atoms with Gasteiger partial charge < -0.3 is 4.74 Å². The first kappa shape index (κ1) is 18.7. The molecule has 0 saturated carbocycles. The van der Waals surface area contributed by atoms with Crippen LogP contribution in [0.25, 0.3) is 0 Å². The predicted molar refractivity (Wildman–Crippen MR) is 90.4 cm³/mol. The molecule has 7 nitrogen and oxygen atoms in total. The molecular weight excluding hydrogens is 379 g/mol. The maximum atomic E-state index is 11.9. The van der Waals surface area contributed by atoms with Gasteiger partial charge in [0.25, 0.3) is 10.1 Å². The van der Waals surface area contributed by atoms with Gasteiger partial charge in [0.15, 0.2) is 0 Å². The summed E-state index contributed by atoms with van der Waals surface area (Å²) in [6.07, 6.45) is 2.43. The number of ether oxygens (including phenoxy) is 1. The van der Waals surface area contributed by atoms with E-state index in [1.54, 1.807) is 30.3 Å². The van der Waals surface area contributed by atoms with Crippen molar-refractivity contribution in [1.29, 1.82) is 0 Å². The Bertz CT molecular complexity index is 790. The van der Waals surface area contributed by atoms with Crippen LogP contribution in [0.4, 0.5) is 0 Å². The molecule has 0 saturated heterocycles. The van der Waals surface area contributed by atoms with Crippen molar-refractivity contribution in [2.75, 3.05) is 13.4 Å². The van der Waals surface area contributed by atoms with Gasteiger partial charge in [0.1, 0.15) is 11.1 Å². The van der Waals surface area contributed by atoms with Crippen LogP contribution < -0.4 is 5.48 Å². The first-order chi connectivity index (χ1) is 11.2. The molecule has 0 aromatic heterocycles. The van der Waals surface area contributed by atoms with E-state index in [1.165, 1.54) is 7.11 Å². The second kappa shape index (κ2) is 7.52. The Morgan fingerprint density at radius 2 is 1.92 bits per heavy atom. The zero-order chi connectivity index (χ0) is 17.9. The molecule has 2 rings (SSSR count). The average molecular weight is 393 g/mol. The number of alkyl halides is 1. The molecule has 1 heterocycles. The van der Waals surface area contributed by atoms with E-state index in [2.05, 4.69) is 19.5 Å².